The van der Waals surface area contributed by atoms with Gasteiger partial charge in [-0.15, -0.1) is 0 Å². The van der Waals surface area contributed by atoms with Crippen LogP contribution < -0.4 is 5.73 Å². The lowest BCUT2D eigenvalue weighted by atomic mass is 9.90. The Hall–Kier alpha value is -2.34. The van der Waals surface area contributed by atoms with Crippen molar-refractivity contribution in [2.24, 2.45) is 0 Å². The highest BCUT2D eigenvalue weighted by Crippen LogP contribution is 2.30. The number of pyridine rings is 1. The molecule has 2 rings (SSSR count). The number of nitriles is 1. The maximum Gasteiger partial charge on any atom is 0.0937 e. The van der Waals surface area contributed by atoms with E-state index in [1.165, 1.54) is 0 Å². The summed E-state index contributed by atoms with van der Waals surface area (Å²) in [6, 6.07) is 13.8. The zero-order valence-corrected chi connectivity index (χ0v) is 12.1. The van der Waals surface area contributed by atoms with Gasteiger partial charge in [0.15, 0.2) is 0 Å². The van der Waals surface area contributed by atoms with Crippen LogP contribution in [-0.4, -0.2) is 4.98 Å². The van der Waals surface area contributed by atoms with Gasteiger partial charge in [0, 0.05) is 16.7 Å². The predicted octanol–water partition coefficient (Wildman–Crippen LogP) is 3.69. The van der Waals surface area contributed by atoms with Gasteiger partial charge in [0.1, 0.15) is 0 Å². The van der Waals surface area contributed by atoms with Crippen molar-refractivity contribution in [2.75, 3.05) is 5.73 Å². The first-order valence-corrected chi connectivity index (χ1v) is 6.65. The van der Waals surface area contributed by atoms with Crippen molar-refractivity contribution in [3.05, 3.63) is 47.7 Å². The second kappa shape index (κ2) is 5.34. The maximum atomic E-state index is 8.94. The second-order valence-electron chi connectivity index (χ2n) is 5.88. The van der Waals surface area contributed by atoms with Crippen LogP contribution in [0.15, 0.2) is 36.4 Å². The summed E-state index contributed by atoms with van der Waals surface area (Å²) in [5.74, 6) is 0. The third-order valence-corrected chi connectivity index (χ3v) is 3.24. The lowest BCUT2D eigenvalue weighted by Crippen LogP contribution is -2.14. The first-order chi connectivity index (χ1) is 9.43. The van der Waals surface area contributed by atoms with Gasteiger partial charge in [-0.1, -0.05) is 45.0 Å². The van der Waals surface area contributed by atoms with Gasteiger partial charge < -0.3 is 5.73 Å². The first-order valence-electron chi connectivity index (χ1n) is 6.65. The first kappa shape index (κ1) is 14.1. The molecule has 3 heteroatoms. The number of rotatable bonds is 2. The van der Waals surface area contributed by atoms with Crippen molar-refractivity contribution in [1.82, 2.24) is 4.98 Å². The van der Waals surface area contributed by atoms with Gasteiger partial charge in [-0.25, -0.2) is 0 Å². The van der Waals surface area contributed by atoms with E-state index in [-0.39, 0.29) is 5.41 Å². The highest BCUT2D eigenvalue weighted by Gasteiger charge is 2.18. The van der Waals surface area contributed by atoms with E-state index in [2.05, 4.69) is 26.8 Å². The monoisotopic (exact) mass is 265 g/mol. The molecule has 2 N–H and O–H groups in total. The Labute approximate surface area is 120 Å². The fourth-order valence-corrected chi connectivity index (χ4v) is 2.09. The number of anilines is 1. The molecule has 1 aromatic carbocycles. The Morgan fingerprint density at radius 2 is 1.85 bits per heavy atom. The molecule has 0 spiro atoms. The molecule has 20 heavy (non-hydrogen) atoms. The van der Waals surface area contributed by atoms with Gasteiger partial charge in [0.2, 0.25) is 0 Å². The van der Waals surface area contributed by atoms with Gasteiger partial charge in [-0.05, 0) is 17.7 Å². The van der Waals surface area contributed by atoms with Crippen LogP contribution >= 0.6 is 0 Å². The Bertz CT molecular complexity index is 661. The van der Waals surface area contributed by atoms with Crippen molar-refractivity contribution in [2.45, 2.75) is 32.6 Å². The van der Waals surface area contributed by atoms with Crippen molar-refractivity contribution < 1.29 is 0 Å². The molecule has 0 saturated carbocycles. The van der Waals surface area contributed by atoms with Crippen molar-refractivity contribution in [3.63, 3.8) is 0 Å². The lowest BCUT2D eigenvalue weighted by molar-refractivity contribution is 0.570. The number of nitrogen functional groups attached to an aromatic ring is 1. The normalized spacial score (nSPS) is 11.1. The van der Waals surface area contributed by atoms with Crippen molar-refractivity contribution in [3.8, 4) is 17.3 Å². The van der Waals surface area contributed by atoms with Gasteiger partial charge in [-0.3, -0.25) is 4.98 Å². The van der Waals surface area contributed by atoms with Crippen LogP contribution in [0.1, 0.15) is 32.0 Å². The number of nitrogens with two attached hydrogens (primary N) is 1. The van der Waals surface area contributed by atoms with Crippen molar-refractivity contribution in [1.29, 1.82) is 5.26 Å². The van der Waals surface area contributed by atoms with Crippen LogP contribution in [0.4, 0.5) is 5.69 Å². The van der Waals surface area contributed by atoms with E-state index in [9.17, 15) is 0 Å². The average molecular weight is 265 g/mol. The van der Waals surface area contributed by atoms with E-state index in [4.69, 9.17) is 16.0 Å². The molecule has 0 unspecified atom stereocenters. The second-order valence-corrected chi connectivity index (χ2v) is 5.88. The molecular weight excluding hydrogens is 246 g/mol. The number of benzene rings is 1. The third-order valence-electron chi connectivity index (χ3n) is 3.24. The molecule has 102 valence electrons. The Balaban J connectivity index is 2.61. The van der Waals surface area contributed by atoms with E-state index in [1.807, 2.05) is 36.4 Å². The van der Waals surface area contributed by atoms with Gasteiger partial charge in [-0.2, -0.15) is 5.26 Å². The SMILES string of the molecule is CC(C)(C)c1ccc(N)c(-c2ccccc2CC#N)n1. The topological polar surface area (TPSA) is 62.7 Å². The standard InChI is InChI=1S/C17H19N3/c1-17(2,3)15-9-8-14(19)16(20-15)13-7-5-4-6-12(13)10-11-18/h4-9H,10,19H2,1-3H3. The summed E-state index contributed by atoms with van der Waals surface area (Å²) >= 11 is 0. The minimum absolute atomic E-state index is 0.0351. The predicted molar refractivity (Wildman–Crippen MR) is 82.1 cm³/mol. The molecule has 2 aromatic rings. The zero-order chi connectivity index (χ0) is 14.8. The number of aromatic nitrogens is 1. The minimum Gasteiger partial charge on any atom is -0.397 e. The van der Waals surface area contributed by atoms with E-state index in [0.717, 1.165) is 22.5 Å². The molecule has 1 heterocycles. The zero-order valence-electron chi connectivity index (χ0n) is 12.1. The van der Waals surface area contributed by atoms with Crippen LogP contribution in [0.3, 0.4) is 0 Å². The van der Waals surface area contributed by atoms with Gasteiger partial charge in [0.25, 0.3) is 0 Å². The van der Waals surface area contributed by atoms with E-state index in [0.29, 0.717) is 12.1 Å². The molecule has 0 aliphatic heterocycles. The quantitative estimate of drug-likeness (QED) is 0.900. The molecule has 1 aromatic heterocycles. The summed E-state index contributed by atoms with van der Waals surface area (Å²) in [5, 5.41) is 8.94. The lowest BCUT2D eigenvalue weighted by Gasteiger charge is -2.20. The molecule has 0 amide bonds. The van der Waals surface area contributed by atoms with Crippen LogP contribution in [0.5, 0.6) is 0 Å². The molecule has 0 atom stereocenters. The molecule has 0 aliphatic rings. The molecule has 3 nitrogen and oxygen atoms in total. The molecule has 0 aliphatic carbocycles. The molecule has 0 bridgehead atoms. The smallest absolute Gasteiger partial charge is 0.0937 e. The van der Waals surface area contributed by atoms with Crippen molar-refractivity contribution >= 4 is 5.69 Å². The molecule has 0 radical (unpaired) electrons. The fraction of sp³-hybridized carbons (Fsp3) is 0.294. The summed E-state index contributed by atoms with van der Waals surface area (Å²) in [4.78, 5) is 4.72. The summed E-state index contributed by atoms with van der Waals surface area (Å²) < 4.78 is 0. The third kappa shape index (κ3) is 2.80. The van der Waals surface area contributed by atoms with E-state index in [1.54, 1.807) is 0 Å². The number of hydrogen-bond donors (Lipinski definition) is 1. The molecular formula is C17H19N3. The highest BCUT2D eigenvalue weighted by molar-refractivity contribution is 5.75. The summed E-state index contributed by atoms with van der Waals surface area (Å²) in [6.45, 7) is 6.36. The van der Waals surface area contributed by atoms with Gasteiger partial charge >= 0.3 is 0 Å². The highest BCUT2D eigenvalue weighted by atomic mass is 14.8. The van der Waals surface area contributed by atoms with Crippen LogP contribution in [0.2, 0.25) is 0 Å². The summed E-state index contributed by atoms with van der Waals surface area (Å²) in [5.41, 5.74) is 10.4. The van der Waals surface area contributed by atoms with Crippen LogP contribution in [0, 0.1) is 11.3 Å². The summed E-state index contributed by atoms with van der Waals surface area (Å²) in [6.07, 6.45) is 0.358. The molecule has 0 saturated heterocycles. The number of hydrogen-bond acceptors (Lipinski definition) is 3. The Kier molecular flexibility index (Phi) is 3.76. The Morgan fingerprint density at radius 1 is 1.15 bits per heavy atom. The van der Waals surface area contributed by atoms with Crippen LogP contribution in [0.25, 0.3) is 11.3 Å². The van der Waals surface area contributed by atoms with Crippen LogP contribution in [-0.2, 0) is 11.8 Å². The minimum atomic E-state index is -0.0351. The average Bonchev–Trinajstić information content (AvgIpc) is 2.39. The summed E-state index contributed by atoms with van der Waals surface area (Å²) in [7, 11) is 0. The number of nitrogens with zero attached hydrogens (tertiary/aromatic N) is 2. The van der Waals surface area contributed by atoms with Gasteiger partial charge in [0.05, 0.1) is 23.9 Å². The van der Waals surface area contributed by atoms with E-state index >= 15 is 0 Å². The largest absolute Gasteiger partial charge is 0.397 e. The van der Waals surface area contributed by atoms with E-state index < -0.39 is 0 Å². The molecule has 0 fully saturated rings. The Morgan fingerprint density at radius 3 is 2.50 bits per heavy atom. The maximum absolute atomic E-state index is 8.94. The fourth-order valence-electron chi connectivity index (χ4n) is 2.09.